The fourth-order valence-corrected chi connectivity index (χ4v) is 10.8. The number of hydrogen-bond donors (Lipinski definition) is 0. The number of anilines is 3. The Balaban J connectivity index is 0.881. The Morgan fingerprint density at radius 1 is 0.275 bits per heavy atom. The first-order valence-corrected chi connectivity index (χ1v) is 23.6. The van der Waals surface area contributed by atoms with Crippen LogP contribution in [0.5, 0.6) is 0 Å². The van der Waals surface area contributed by atoms with Gasteiger partial charge in [0.1, 0.15) is 11.2 Å². The lowest BCUT2D eigenvalue weighted by Gasteiger charge is -2.27. The summed E-state index contributed by atoms with van der Waals surface area (Å²) < 4.78 is 9.04. The van der Waals surface area contributed by atoms with E-state index in [-0.39, 0.29) is 0 Å². The standard InChI is InChI=1S/C66H42N2O/c1-3-20-56-44(12-1)26-27-46-28-29-50(41-62(46)56)48-15-10-17-53(39-48)67(54-18-11-16-49(40-54)51-33-36-60-61-37-32-45-13-2-4-21-57(45)66(61)69-65(60)42-51)52-34-30-43(31-35-52)47-14-9-19-55(38-47)68-63-24-7-5-22-58(63)59-23-6-8-25-64(59)68/h1-42H. The topological polar surface area (TPSA) is 21.3 Å². The van der Waals surface area contributed by atoms with E-state index in [9.17, 15) is 0 Å². The van der Waals surface area contributed by atoms with Crippen molar-refractivity contribution in [3.63, 3.8) is 0 Å². The monoisotopic (exact) mass is 878 g/mol. The van der Waals surface area contributed by atoms with Gasteiger partial charge in [-0.05, 0) is 145 Å². The highest BCUT2D eigenvalue weighted by Gasteiger charge is 2.18. The van der Waals surface area contributed by atoms with Crippen LogP contribution in [-0.2, 0) is 0 Å². The molecule has 0 radical (unpaired) electrons. The molecule has 0 fully saturated rings. The maximum Gasteiger partial charge on any atom is 0.143 e. The number of fused-ring (bicyclic) bond motifs is 11. The van der Waals surface area contributed by atoms with Crippen LogP contribution < -0.4 is 4.90 Å². The second-order valence-corrected chi connectivity index (χ2v) is 18.1. The van der Waals surface area contributed by atoms with Crippen molar-refractivity contribution in [2.24, 2.45) is 0 Å². The minimum absolute atomic E-state index is 0.884. The molecule has 0 N–H and O–H groups in total. The summed E-state index contributed by atoms with van der Waals surface area (Å²) in [4.78, 5) is 2.38. The smallest absolute Gasteiger partial charge is 0.143 e. The first-order chi connectivity index (χ1) is 34.2. The molecule has 12 aromatic carbocycles. The quantitative estimate of drug-likeness (QED) is 0.149. The molecule has 0 saturated heterocycles. The summed E-state index contributed by atoms with van der Waals surface area (Å²) in [7, 11) is 0. The third-order valence-corrected chi connectivity index (χ3v) is 14.1. The molecular weight excluding hydrogens is 837 g/mol. The van der Waals surface area contributed by atoms with Crippen LogP contribution in [0.2, 0.25) is 0 Å². The Morgan fingerprint density at radius 3 is 1.48 bits per heavy atom. The van der Waals surface area contributed by atoms with Gasteiger partial charge in [0.15, 0.2) is 0 Å². The molecule has 0 spiro atoms. The molecule has 0 aliphatic carbocycles. The predicted octanol–water partition coefficient (Wildman–Crippen LogP) is 18.6. The minimum Gasteiger partial charge on any atom is -0.455 e. The van der Waals surface area contributed by atoms with E-state index in [1.165, 1.54) is 54.3 Å². The lowest BCUT2D eigenvalue weighted by Crippen LogP contribution is -2.10. The summed E-state index contributed by atoms with van der Waals surface area (Å²) in [6.07, 6.45) is 0. The van der Waals surface area contributed by atoms with Crippen LogP contribution in [-0.4, -0.2) is 4.57 Å². The van der Waals surface area contributed by atoms with Gasteiger partial charge in [-0.25, -0.2) is 0 Å². The summed E-state index contributed by atoms with van der Waals surface area (Å²) in [6.45, 7) is 0. The molecule has 2 heterocycles. The van der Waals surface area contributed by atoms with E-state index in [2.05, 4.69) is 264 Å². The lowest BCUT2D eigenvalue weighted by atomic mass is 9.96. The Morgan fingerprint density at radius 2 is 0.768 bits per heavy atom. The number of para-hydroxylation sites is 2. The average molecular weight is 879 g/mol. The van der Waals surface area contributed by atoms with Gasteiger partial charge in [0, 0.05) is 49.7 Å². The molecule has 0 saturated carbocycles. The van der Waals surface area contributed by atoms with Gasteiger partial charge in [-0.2, -0.15) is 0 Å². The molecule has 14 aromatic rings. The van der Waals surface area contributed by atoms with Gasteiger partial charge < -0.3 is 13.9 Å². The highest BCUT2D eigenvalue weighted by atomic mass is 16.3. The highest BCUT2D eigenvalue weighted by Crippen LogP contribution is 2.42. The molecule has 0 unspecified atom stereocenters. The van der Waals surface area contributed by atoms with Crippen molar-refractivity contribution in [1.29, 1.82) is 0 Å². The van der Waals surface area contributed by atoms with Crippen molar-refractivity contribution >= 4 is 93.1 Å². The fraction of sp³-hybridized carbons (Fsp3) is 0. The largest absolute Gasteiger partial charge is 0.455 e. The Bertz CT molecular complexity index is 4270. The first kappa shape index (κ1) is 39.0. The van der Waals surface area contributed by atoms with Crippen LogP contribution >= 0.6 is 0 Å². The molecule has 0 aliphatic rings. The van der Waals surface area contributed by atoms with Gasteiger partial charge in [-0.15, -0.1) is 0 Å². The van der Waals surface area contributed by atoms with E-state index in [0.717, 1.165) is 77.9 Å². The molecule has 3 heteroatoms. The van der Waals surface area contributed by atoms with E-state index in [1.807, 2.05) is 0 Å². The van der Waals surface area contributed by atoms with Crippen molar-refractivity contribution in [3.05, 3.63) is 255 Å². The van der Waals surface area contributed by atoms with Crippen LogP contribution in [0.3, 0.4) is 0 Å². The second kappa shape index (κ2) is 15.7. The first-order valence-electron chi connectivity index (χ1n) is 23.6. The predicted molar refractivity (Wildman–Crippen MR) is 292 cm³/mol. The third-order valence-electron chi connectivity index (χ3n) is 14.1. The van der Waals surface area contributed by atoms with Crippen LogP contribution in [0, 0.1) is 0 Å². The van der Waals surface area contributed by atoms with E-state index in [0.29, 0.717) is 0 Å². The molecule has 322 valence electrons. The van der Waals surface area contributed by atoms with Gasteiger partial charge in [-0.3, -0.25) is 0 Å². The van der Waals surface area contributed by atoms with E-state index in [4.69, 9.17) is 4.42 Å². The van der Waals surface area contributed by atoms with Gasteiger partial charge >= 0.3 is 0 Å². The van der Waals surface area contributed by atoms with Crippen molar-refractivity contribution in [2.75, 3.05) is 4.90 Å². The molecular formula is C66H42N2O. The lowest BCUT2D eigenvalue weighted by molar-refractivity contribution is 0.673. The van der Waals surface area contributed by atoms with Crippen LogP contribution in [0.1, 0.15) is 0 Å². The number of hydrogen-bond acceptors (Lipinski definition) is 2. The summed E-state index contributed by atoms with van der Waals surface area (Å²) in [6, 6.07) is 92.6. The summed E-state index contributed by atoms with van der Waals surface area (Å²) in [5.74, 6) is 0. The highest BCUT2D eigenvalue weighted by molar-refractivity contribution is 6.15. The van der Waals surface area contributed by atoms with Crippen LogP contribution in [0.15, 0.2) is 259 Å². The third kappa shape index (κ3) is 6.51. The van der Waals surface area contributed by atoms with Crippen LogP contribution in [0.25, 0.3) is 115 Å². The normalized spacial score (nSPS) is 11.8. The number of benzene rings is 12. The van der Waals surface area contributed by atoms with Gasteiger partial charge in [-0.1, -0.05) is 170 Å². The van der Waals surface area contributed by atoms with Crippen LogP contribution in [0.4, 0.5) is 17.1 Å². The van der Waals surface area contributed by atoms with Crippen molar-refractivity contribution in [2.45, 2.75) is 0 Å². The maximum atomic E-state index is 6.65. The zero-order valence-corrected chi connectivity index (χ0v) is 37.6. The second-order valence-electron chi connectivity index (χ2n) is 18.1. The zero-order chi connectivity index (χ0) is 45.4. The van der Waals surface area contributed by atoms with Gasteiger partial charge in [0.25, 0.3) is 0 Å². The van der Waals surface area contributed by atoms with Gasteiger partial charge in [0.05, 0.1) is 11.0 Å². The summed E-state index contributed by atoms with van der Waals surface area (Å²) in [5, 5.41) is 12.1. The van der Waals surface area contributed by atoms with E-state index >= 15 is 0 Å². The Hall–Kier alpha value is -9.18. The molecule has 3 nitrogen and oxygen atoms in total. The molecule has 0 amide bonds. The summed E-state index contributed by atoms with van der Waals surface area (Å²) in [5.41, 5.74) is 15.4. The molecule has 0 atom stereocenters. The molecule has 0 aliphatic heterocycles. The summed E-state index contributed by atoms with van der Waals surface area (Å²) >= 11 is 0. The SMILES string of the molecule is c1cc(-c2ccc3c(c2)oc2c4ccccc4ccc32)cc(N(c2ccc(-c3cccc(-n4c5ccccc5c5ccccc54)c3)cc2)c2cccc(-c3ccc4ccc5ccccc5c4c3)c2)c1. The zero-order valence-electron chi connectivity index (χ0n) is 37.6. The van der Waals surface area contributed by atoms with Crippen molar-refractivity contribution in [3.8, 4) is 39.1 Å². The molecule has 2 aromatic heterocycles. The number of aromatic nitrogens is 1. The van der Waals surface area contributed by atoms with Crippen molar-refractivity contribution < 1.29 is 4.42 Å². The van der Waals surface area contributed by atoms with E-state index < -0.39 is 0 Å². The Kier molecular flexibility index (Phi) is 8.90. The number of nitrogens with zero attached hydrogens (tertiary/aromatic N) is 2. The molecule has 0 bridgehead atoms. The molecule has 69 heavy (non-hydrogen) atoms. The average Bonchev–Trinajstić information content (AvgIpc) is 3.97. The minimum atomic E-state index is 0.884. The van der Waals surface area contributed by atoms with Gasteiger partial charge in [0.2, 0.25) is 0 Å². The maximum absolute atomic E-state index is 6.65. The molecule has 14 rings (SSSR count). The Labute approximate surface area is 399 Å². The van der Waals surface area contributed by atoms with E-state index in [1.54, 1.807) is 0 Å². The fourth-order valence-electron chi connectivity index (χ4n) is 10.8. The van der Waals surface area contributed by atoms with Crippen molar-refractivity contribution in [1.82, 2.24) is 4.57 Å². The number of furan rings is 1. The number of rotatable bonds is 7.